The number of carbonyl (C=O) groups is 2. The van der Waals surface area contributed by atoms with E-state index in [0.717, 1.165) is 39.2 Å². The van der Waals surface area contributed by atoms with Gasteiger partial charge in [0.25, 0.3) is 5.91 Å². The van der Waals surface area contributed by atoms with Crippen LogP contribution in [-0.4, -0.2) is 71.4 Å². The van der Waals surface area contributed by atoms with Gasteiger partial charge in [0.2, 0.25) is 11.9 Å². The maximum Gasteiger partial charge on any atom is 0.263 e. The van der Waals surface area contributed by atoms with Crippen LogP contribution in [0.1, 0.15) is 59.7 Å². The molecule has 2 aliphatic rings. The number of anilines is 3. The van der Waals surface area contributed by atoms with Crippen LogP contribution in [-0.2, 0) is 4.79 Å². The first kappa shape index (κ1) is 25.3. The molecule has 0 aromatic carbocycles. The Balaban J connectivity index is 1.35. The molecule has 196 valence electrons. The number of amides is 2. The third-order valence-corrected chi connectivity index (χ3v) is 8.87. The molecule has 2 fully saturated rings. The topological polar surface area (TPSA) is 129 Å². The van der Waals surface area contributed by atoms with E-state index in [9.17, 15) is 9.59 Å². The number of likely N-dealkylation sites (N-methyl/N-ethyl adjacent to an activating group) is 1. The molecule has 11 heteroatoms. The third-order valence-electron chi connectivity index (χ3n) is 7.75. The van der Waals surface area contributed by atoms with Gasteiger partial charge in [0.15, 0.2) is 0 Å². The number of nitrogens with one attached hydrogen (secondary N) is 2. The van der Waals surface area contributed by atoms with Gasteiger partial charge < -0.3 is 26.2 Å². The lowest BCUT2D eigenvalue weighted by Crippen LogP contribution is -2.59. The molecule has 1 aliphatic heterocycles. The molecule has 37 heavy (non-hydrogen) atoms. The number of pyridine rings is 1. The lowest BCUT2D eigenvalue weighted by molar-refractivity contribution is -0.125. The zero-order valence-electron chi connectivity index (χ0n) is 21.6. The standard InChI is InChI=1S/C26H34N8O2S/c1-28-26(24(27)36)10-12-34(13-11-26)17-8-9-19(29-14-17)31-25-30-15-18-21(32-25)20(16-6-4-5-7-16)22(37-18)23(35)33(2)3/h8-9,14-16,28H,4-7,10-13H2,1-3H3,(H2,27,36)(H,29,30,31,32). The fourth-order valence-electron chi connectivity index (χ4n) is 5.45. The summed E-state index contributed by atoms with van der Waals surface area (Å²) in [5.74, 6) is 1.19. The molecule has 0 spiro atoms. The maximum atomic E-state index is 12.9. The van der Waals surface area contributed by atoms with Crippen molar-refractivity contribution in [1.82, 2.24) is 25.2 Å². The van der Waals surface area contributed by atoms with Gasteiger partial charge in [-0.2, -0.15) is 0 Å². The molecule has 3 aromatic heterocycles. The van der Waals surface area contributed by atoms with Crippen molar-refractivity contribution >= 4 is 50.8 Å². The molecule has 1 saturated carbocycles. The Morgan fingerprint density at radius 2 is 1.86 bits per heavy atom. The summed E-state index contributed by atoms with van der Waals surface area (Å²) in [6.07, 6.45) is 9.44. The first-order valence-corrected chi connectivity index (χ1v) is 13.6. The SMILES string of the molecule is CNC1(C(N)=O)CCN(c2ccc(Nc3ncc4sc(C(=O)N(C)C)c(C5CCCC5)c4n3)nc2)CC1. The minimum absolute atomic E-state index is 0.0252. The fraction of sp³-hybridized carbons (Fsp3) is 0.500. The molecule has 0 bridgehead atoms. The summed E-state index contributed by atoms with van der Waals surface area (Å²) in [7, 11) is 5.37. The Hall–Kier alpha value is -3.31. The second kappa shape index (κ2) is 10.2. The highest BCUT2D eigenvalue weighted by molar-refractivity contribution is 7.21. The third kappa shape index (κ3) is 4.85. The normalized spacial score (nSPS) is 17.8. The summed E-state index contributed by atoms with van der Waals surface area (Å²) in [6, 6.07) is 3.91. The quantitative estimate of drug-likeness (QED) is 0.431. The van der Waals surface area contributed by atoms with Crippen LogP contribution in [0.25, 0.3) is 10.2 Å². The predicted molar refractivity (Wildman–Crippen MR) is 147 cm³/mol. The largest absolute Gasteiger partial charge is 0.370 e. The predicted octanol–water partition coefficient (Wildman–Crippen LogP) is 3.23. The van der Waals surface area contributed by atoms with E-state index >= 15 is 0 Å². The Morgan fingerprint density at radius 1 is 1.14 bits per heavy atom. The fourth-order valence-corrected chi connectivity index (χ4v) is 6.67. The van der Waals surface area contributed by atoms with Crippen molar-refractivity contribution in [3.63, 3.8) is 0 Å². The number of aromatic nitrogens is 3. The Kier molecular flexibility index (Phi) is 7.00. The molecule has 0 atom stereocenters. The van der Waals surface area contributed by atoms with Crippen molar-refractivity contribution in [1.29, 1.82) is 0 Å². The Labute approximate surface area is 220 Å². The van der Waals surface area contributed by atoms with Crippen molar-refractivity contribution in [2.75, 3.05) is 44.4 Å². The highest BCUT2D eigenvalue weighted by Crippen LogP contribution is 2.43. The second-order valence-electron chi connectivity index (χ2n) is 10.1. The summed E-state index contributed by atoms with van der Waals surface area (Å²) < 4.78 is 0.930. The van der Waals surface area contributed by atoms with Crippen LogP contribution in [0.15, 0.2) is 24.5 Å². The van der Waals surface area contributed by atoms with E-state index in [2.05, 4.69) is 25.5 Å². The van der Waals surface area contributed by atoms with Gasteiger partial charge >= 0.3 is 0 Å². The monoisotopic (exact) mass is 522 g/mol. The molecule has 1 saturated heterocycles. The molecule has 3 aromatic rings. The lowest BCUT2D eigenvalue weighted by Gasteiger charge is -2.40. The van der Waals surface area contributed by atoms with Crippen LogP contribution in [0.4, 0.5) is 17.5 Å². The molecular weight excluding hydrogens is 488 g/mol. The van der Waals surface area contributed by atoms with Gasteiger partial charge in [-0.25, -0.2) is 15.0 Å². The highest BCUT2D eigenvalue weighted by Gasteiger charge is 2.38. The van der Waals surface area contributed by atoms with Crippen LogP contribution in [0.5, 0.6) is 0 Å². The van der Waals surface area contributed by atoms with Gasteiger partial charge in [-0.05, 0) is 50.8 Å². The number of hydrogen-bond donors (Lipinski definition) is 3. The molecule has 2 amide bonds. The molecule has 0 radical (unpaired) electrons. The van der Waals surface area contributed by atoms with E-state index in [1.165, 1.54) is 24.2 Å². The summed E-state index contributed by atoms with van der Waals surface area (Å²) in [5, 5.41) is 6.34. The van der Waals surface area contributed by atoms with Gasteiger partial charge in [0, 0.05) is 32.7 Å². The number of thiophene rings is 1. The van der Waals surface area contributed by atoms with Crippen molar-refractivity contribution in [3.8, 4) is 0 Å². The number of carbonyl (C=O) groups excluding carboxylic acids is 2. The number of primary amides is 1. The van der Waals surface area contributed by atoms with Gasteiger partial charge in [0.05, 0.1) is 33.2 Å². The van der Waals surface area contributed by atoms with E-state index in [4.69, 9.17) is 10.7 Å². The van der Waals surface area contributed by atoms with E-state index in [1.807, 2.05) is 18.3 Å². The van der Waals surface area contributed by atoms with Crippen LogP contribution in [0.3, 0.4) is 0 Å². The Bertz CT molecular complexity index is 1290. The van der Waals surface area contributed by atoms with Crippen LogP contribution in [0.2, 0.25) is 0 Å². The first-order chi connectivity index (χ1) is 17.8. The van der Waals surface area contributed by atoms with E-state index < -0.39 is 5.54 Å². The number of nitrogens with zero attached hydrogens (tertiary/aromatic N) is 5. The smallest absolute Gasteiger partial charge is 0.263 e. The molecule has 0 unspecified atom stereocenters. The molecule has 10 nitrogen and oxygen atoms in total. The number of fused-ring (bicyclic) bond motifs is 1. The van der Waals surface area contributed by atoms with Gasteiger partial charge in [-0.1, -0.05) is 12.8 Å². The summed E-state index contributed by atoms with van der Waals surface area (Å²) in [6.45, 7) is 1.43. The van der Waals surface area contributed by atoms with E-state index in [1.54, 1.807) is 32.2 Å². The zero-order chi connectivity index (χ0) is 26.2. The van der Waals surface area contributed by atoms with Crippen LogP contribution < -0.4 is 21.3 Å². The number of piperidine rings is 1. The van der Waals surface area contributed by atoms with Crippen molar-refractivity contribution in [2.24, 2.45) is 5.73 Å². The first-order valence-electron chi connectivity index (χ1n) is 12.8. The minimum atomic E-state index is -0.641. The Morgan fingerprint density at radius 3 is 2.46 bits per heavy atom. The number of hydrogen-bond acceptors (Lipinski definition) is 9. The van der Waals surface area contributed by atoms with Gasteiger partial charge in [-0.15, -0.1) is 11.3 Å². The summed E-state index contributed by atoms with van der Waals surface area (Å²) in [5.41, 5.74) is 7.92. The highest BCUT2D eigenvalue weighted by atomic mass is 32.1. The summed E-state index contributed by atoms with van der Waals surface area (Å²) in [4.78, 5) is 43.4. The molecule has 1 aliphatic carbocycles. The molecular formula is C26H34N8O2S. The van der Waals surface area contributed by atoms with Crippen LogP contribution in [0, 0.1) is 0 Å². The molecule has 4 N–H and O–H groups in total. The average molecular weight is 523 g/mol. The van der Waals surface area contributed by atoms with Crippen molar-refractivity contribution in [3.05, 3.63) is 35.0 Å². The number of rotatable bonds is 7. The molecule has 5 rings (SSSR count). The zero-order valence-corrected chi connectivity index (χ0v) is 22.4. The van der Waals surface area contributed by atoms with E-state index in [-0.39, 0.29) is 11.8 Å². The molecule has 4 heterocycles. The average Bonchev–Trinajstić information content (AvgIpc) is 3.56. The number of nitrogens with two attached hydrogens (primary N) is 1. The second-order valence-corrected chi connectivity index (χ2v) is 11.2. The maximum absolute atomic E-state index is 12.9. The summed E-state index contributed by atoms with van der Waals surface area (Å²) >= 11 is 1.48. The van der Waals surface area contributed by atoms with Crippen molar-refractivity contribution < 1.29 is 9.59 Å². The van der Waals surface area contributed by atoms with E-state index in [0.29, 0.717) is 43.6 Å². The minimum Gasteiger partial charge on any atom is -0.370 e. The van der Waals surface area contributed by atoms with Gasteiger partial charge in [0.1, 0.15) is 11.4 Å². The lowest BCUT2D eigenvalue weighted by atomic mass is 9.87. The van der Waals surface area contributed by atoms with Gasteiger partial charge in [-0.3, -0.25) is 9.59 Å². The van der Waals surface area contributed by atoms with Crippen molar-refractivity contribution in [2.45, 2.75) is 50.0 Å². The van der Waals surface area contributed by atoms with Crippen LogP contribution >= 0.6 is 11.3 Å².